The van der Waals surface area contributed by atoms with Gasteiger partial charge in [-0.3, -0.25) is 4.79 Å². The Balaban J connectivity index is 2.73. The first-order valence-corrected chi connectivity index (χ1v) is 7.98. The first-order chi connectivity index (χ1) is 10.0. The number of carboxylic acids is 1. The molecule has 1 aliphatic carbocycles. The van der Waals surface area contributed by atoms with Crippen LogP contribution in [0.25, 0.3) is 0 Å². The van der Waals surface area contributed by atoms with Crippen molar-refractivity contribution in [3.8, 4) is 11.5 Å². The molecule has 0 atom stereocenters. The van der Waals surface area contributed by atoms with Gasteiger partial charge in [-0.25, -0.2) is 0 Å². The summed E-state index contributed by atoms with van der Waals surface area (Å²) < 4.78 is 11.7. The molecule has 5 heteroatoms. The molecule has 21 heavy (non-hydrogen) atoms. The summed E-state index contributed by atoms with van der Waals surface area (Å²) in [5.41, 5.74) is 0.913. The van der Waals surface area contributed by atoms with Crippen LogP contribution in [0.4, 0.5) is 0 Å². The van der Waals surface area contributed by atoms with E-state index >= 15 is 0 Å². The molecule has 1 aromatic carbocycles. The molecule has 1 aliphatic rings. The van der Waals surface area contributed by atoms with E-state index in [0.29, 0.717) is 23.1 Å². The van der Waals surface area contributed by atoms with E-state index in [0.717, 1.165) is 36.1 Å². The van der Waals surface area contributed by atoms with Crippen LogP contribution >= 0.6 is 15.9 Å². The zero-order chi connectivity index (χ0) is 15.6. The second-order valence-corrected chi connectivity index (χ2v) is 6.20. The van der Waals surface area contributed by atoms with Crippen molar-refractivity contribution in [1.29, 1.82) is 0 Å². The highest BCUT2D eigenvalue weighted by Crippen LogP contribution is 2.50. The largest absolute Gasteiger partial charge is 0.495 e. The van der Waals surface area contributed by atoms with Gasteiger partial charge in [0.05, 0.1) is 19.6 Å². The van der Waals surface area contributed by atoms with E-state index in [9.17, 15) is 9.90 Å². The predicted octanol–water partition coefficient (Wildman–Crippen LogP) is 3.93. The molecular weight excluding hydrogens is 336 g/mol. The summed E-state index contributed by atoms with van der Waals surface area (Å²) in [6.07, 6.45) is 3.94. The summed E-state index contributed by atoms with van der Waals surface area (Å²) in [5, 5.41) is 9.82. The van der Waals surface area contributed by atoms with Crippen molar-refractivity contribution in [3.05, 3.63) is 21.7 Å². The fraction of sp³-hybridized carbons (Fsp3) is 0.562. The van der Waals surface area contributed by atoms with Gasteiger partial charge < -0.3 is 14.6 Å². The van der Waals surface area contributed by atoms with Gasteiger partial charge in [-0.05, 0) is 46.8 Å². The van der Waals surface area contributed by atoms with E-state index in [4.69, 9.17) is 9.47 Å². The van der Waals surface area contributed by atoms with Crippen LogP contribution in [0.2, 0.25) is 0 Å². The molecule has 0 bridgehead atoms. The van der Waals surface area contributed by atoms with Gasteiger partial charge in [-0.15, -0.1) is 0 Å². The van der Waals surface area contributed by atoms with Crippen molar-refractivity contribution in [2.75, 3.05) is 14.2 Å². The third-order valence-electron chi connectivity index (χ3n) is 4.42. The standard InChI is InChI=1S/C16H21BrO4/c1-4-10-9-11(14(21-3)12(17)13(10)20-2)16(15(18)19)7-5-6-8-16/h9H,4-8H2,1-3H3,(H,18,19). The lowest BCUT2D eigenvalue weighted by Gasteiger charge is -2.28. The van der Waals surface area contributed by atoms with Crippen molar-refractivity contribution in [1.82, 2.24) is 0 Å². The maximum Gasteiger partial charge on any atom is 0.314 e. The quantitative estimate of drug-likeness (QED) is 0.868. The number of hydrogen-bond donors (Lipinski definition) is 1. The molecule has 2 rings (SSSR count). The monoisotopic (exact) mass is 356 g/mol. The van der Waals surface area contributed by atoms with Crippen molar-refractivity contribution in [2.45, 2.75) is 44.4 Å². The van der Waals surface area contributed by atoms with Crippen LogP contribution in [0.3, 0.4) is 0 Å². The number of halogens is 1. The molecule has 0 radical (unpaired) electrons. The van der Waals surface area contributed by atoms with E-state index in [1.807, 2.05) is 13.0 Å². The van der Waals surface area contributed by atoms with E-state index in [1.54, 1.807) is 14.2 Å². The summed E-state index contributed by atoms with van der Waals surface area (Å²) in [6, 6.07) is 1.95. The fourth-order valence-electron chi connectivity index (χ4n) is 3.28. The van der Waals surface area contributed by atoms with Crippen LogP contribution in [0.5, 0.6) is 11.5 Å². The van der Waals surface area contributed by atoms with Gasteiger partial charge in [0.1, 0.15) is 16.0 Å². The molecule has 0 saturated heterocycles. The predicted molar refractivity (Wildman–Crippen MR) is 84.4 cm³/mol. The van der Waals surface area contributed by atoms with Crippen LogP contribution in [-0.4, -0.2) is 25.3 Å². The van der Waals surface area contributed by atoms with E-state index in [-0.39, 0.29) is 0 Å². The summed E-state index contributed by atoms with van der Waals surface area (Å²) in [4.78, 5) is 12.0. The minimum atomic E-state index is -0.843. The zero-order valence-corrected chi connectivity index (χ0v) is 14.2. The zero-order valence-electron chi connectivity index (χ0n) is 12.7. The summed E-state index contributed by atoms with van der Waals surface area (Å²) in [7, 11) is 3.18. The van der Waals surface area contributed by atoms with Crippen LogP contribution in [0.15, 0.2) is 10.5 Å². The van der Waals surface area contributed by atoms with Crippen molar-refractivity contribution >= 4 is 21.9 Å². The van der Waals surface area contributed by atoms with E-state index in [1.165, 1.54) is 0 Å². The minimum absolute atomic E-state index is 0.577. The third kappa shape index (κ3) is 2.52. The fourth-order valence-corrected chi connectivity index (χ4v) is 4.07. The maximum atomic E-state index is 12.0. The van der Waals surface area contributed by atoms with Crippen molar-refractivity contribution in [2.24, 2.45) is 0 Å². The Labute approximate surface area is 133 Å². The molecule has 0 amide bonds. The number of benzene rings is 1. The van der Waals surface area contributed by atoms with E-state index in [2.05, 4.69) is 15.9 Å². The molecule has 0 spiro atoms. The van der Waals surface area contributed by atoms with Crippen molar-refractivity contribution in [3.63, 3.8) is 0 Å². The first kappa shape index (κ1) is 16.1. The van der Waals surface area contributed by atoms with Gasteiger partial charge in [-0.1, -0.05) is 19.8 Å². The van der Waals surface area contributed by atoms with Crippen LogP contribution in [-0.2, 0) is 16.6 Å². The molecule has 0 unspecified atom stereocenters. The average Bonchev–Trinajstić information content (AvgIpc) is 2.96. The van der Waals surface area contributed by atoms with E-state index < -0.39 is 11.4 Å². The highest BCUT2D eigenvalue weighted by Gasteiger charge is 2.45. The molecule has 0 aliphatic heterocycles. The molecule has 1 aromatic rings. The first-order valence-electron chi connectivity index (χ1n) is 7.19. The van der Waals surface area contributed by atoms with Gasteiger partial charge in [0, 0.05) is 5.56 Å². The topological polar surface area (TPSA) is 55.8 Å². The molecule has 1 saturated carbocycles. The third-order valence-corrected chi connectivity index (χ3v) is 5.14. The average molecular weight is 357 g/mol. The number of aliphatic carboxylic acids is 1. The number of hydrogen-bond acceptors (Lipinski definition) is 3. The lowest BCUT2D eigenvalue weighted by atomic mass is 9.77. The second-order valence-electron chi connectivity index (χ2n) is 5.41. The van der Waals surface area contributed by atoms with Crippen LogP contribution < -0.4 is 9.47 Å². The Morgan fingerprint density at radius 2 is 1.86 bits per heavy atom. The number of methoxy groups -OCH3 is 2. The highest BCUT2D eigenvalue weighted by molar-refractivity contribution is 9.10. The van der Waals surface area contributed by atoms with Gasteiger partial charge in [0.15, 0.2) is 0 Å². The number of ether oxygens (including phenoxy) is 2. The van der Waals surface area contributed by atoms with Crippen LogP contribution in [0, 0.1) is 0 Å². The van der Waals surface area contributed by atoms with Gasteiger partial charge in [0.2, 0.25) is 0 Å². The Kier molecular flexibility index (Phi) is 4.81. The van der Waals surface area contributed by atoms with Crippen molar-refractivity contribution < 1.29 is 19.4 Å². The number of aryl methyl sites for hydroxylation is 1. The Hall–Kier alpha value is -1.23. The summed E-state index contributed by atoms with van der Waals surface area (Å²) in [5.74, 6) is 0.530. The highest BCUT2D eigenvalue weighted by atomic mass is 79.9. The lowest BCUT2D eigenvalue weighted by molar-refractivity contribution is -0.143. The second kappa shape index (κ2) is 6.26. The van der Waals surface area contributed by atoms with Gasteiger partial charge in [-0.2, -0.15) is 0 Å². The van der Waals surface area contributed by atoms with Gasteiger partial charge >= 0.3 is 5.97 Å². The number of carbonyl (C=O) groups is 1. The molecule has 0 heterocycles. The summed E-state index contributed by atoms with van der Waals surface area (Å²) >= 11 is 3.52. The Bertz CT molecular complexity index is 548. The number of rotatable bonds is 5. The van der Waals surface area contributed by atoms with Gasteiger partial charge in [0.25, 0.3) is 0 Å². The molecule has 0 aromatic heterocycles. The molecule has 4 nitrogen and oxygen atoms in total. The SMILES string of the molecule is CCc1cc(C2(C(=O)O)CCCC2)c(OC)c(Br)c1OC. The van der Waals surface area contributed by atoms with Crippen LogP contribution in [0.1, 0.15) is 43.7 Å². The molecular formula is C16H21BrO4. The Morgan fingerprint density at radius 3 is 2.29 bits per heavy atom. The minimum Gasteiger partial charge on any atom is -0.495 e. The molecule has 1 N–H and O–H groups in total. The smallest absolute Gasteiger partial charge is 0.314 e. The lowest BCUT2D eigenvalue weighted by Crippen LogP contribution is -2.33. The summed E-state index contributed by atoms with van der Waals surface area (Å²) in [6.45, 7) is 2.03. The molecule has 1 fully saturated rings. The Morgan fingerprint density at radius 1 is 1.29 bits per heavy atom. The molecule has 116 valence electrons. The normalized spacial score (nSPS) is 16.8. The maximum absolute atomic E-state index is 12.0. The number of carboxylic acid groups (broad SMARTS) is 1.